The number of likely N-dealkylation sites (N-methyl/N-ethyl adjacent to an activating group) is 1. The minimum atomic E-state index is -3.67. The molecule has 0 aromatic carbocycles. The lowest BCUT2D eigenvalue weighted by Gasteiger charge is -2.28. The van der Waals surface area contributed by atoms with Gasteiger partial charge >= 0.3 is 0 Å². The number of sulfone groups is 1. The van der Waals surface area contributed by atoms with Crippen LogP contribution in [0.1, 0.15) is 6.42 Å². The van der Waals surface area contributed by atoms with Crippen LogP contribution in [-0.4, -0.2) is 75.3 Å². The second-order valence-corrected chi connectivity index (χ2v) is 9.38. The van der Waals surface area contributed by atoms with E-state index < -0.39 is 37.3 Å². The molecular formula is C9H18N2O5S2. The molecule has 0 radical (unpaired) electrons. The van der Waals surface area contributed by atoms with Crippen molar-refractivity contribution < 1.29 is 21.9 Å². The van der Waals surface area contributed by atoms with Gasteiger partial charge in [-0.15, -0.1) is 0 Å². The van der Waals surface area contributed by atoms with E-state index in [-0.39, 0.29) is 17.9 Å². The summed E-state index contributed by atoms with van der Waals surface area (Å²) in [5.41, 5.74) is 0. The zero-order valence-corrected chi connectivity index (χ0v) is 11.7. The molecule has 1 unspecified atom stereocenters. The molecule has 2 heterocycles. The van der Waals surface area contributed by atoms with Crippen LogP contribution in [0.2, 0.25) is 0 Å². The molecule has 2 N–H and O–H groups in total. The standard InChI is InChI=1S/C9H18N2O5S2/c1-11(8-4-10-5-9(8)12)18(15,16)7-2-3-17(13,14)6-7/h7-10,12H,2-6H2,1H3/t7?,8-,9-/m1/s1. The molecule has 0 aromatic rings. The Bertz CT molecular complexity index is 515. The minimum absolute atomic E-state index is 0.0732. The Kier molecular flexibility index (Phi) is 3.72. The lowest BCUT2D eigenvalue weighted by atomic mass is 10.2. The highest BCUT2D eigenvalue weighted by Crippen LogP contribution is 2.24. The van der Waals surface area contributed by atoms with E-state index in [0.29, 0.717) is 13.1 Å². The molecule has 0 spiro atoms. The van der Waals surface area contributed by atoms with Crippen molar-refractivity contribution in [3.63, 3.8) is 0 Å². The van der Waals surface area contributed by atoms with Gasteiger partial charge in [0.1, 0.15) is 0 Å². The number of β-amino-alcohol motifs (C(OH)–C–C–N with tert-alkyl or cyclic N) is 1. The Morgan fingerprint density at radius 1 is 1.33 bits per heavy atom. The number of rotatable bonds is 3. The summed E-state index contributed by atoms with van der Waals surface area (Å²) < 4.78 is 48.4. The van der Waals surface area contributed by atoms with Crippen molar-refractivity contribution in [2.24, 2.45) is 0 Å². The topological polar surface area (TPSA) is 104 Å². The third-order valence-corrected chi connectivity index (χ3v) is 7.93. The lowest BCUT2D eigenvalue weighted by molar-refractivity contribution is 0.136. The summed E-state index contributed by atoms with van der Waals surface area (Å²) in [5, 5.41) is 11.7. The maximum absolute atomic E-state index is 12.3. The maximum Gasteiger partial charge on any atom is 0.218 e. The van der Waals surface area contributed by atoms with Crippen LogP contribution in [0.3, 0.4) is 0 Å². The highest BCUT2D eigenvalue weighted by Gasteiger charge is 2.43. The second kappa shape index (κ2) is 4.71. The van der Waals surface area contributed by atoms with E-state index in [1.165, 1.54) is 7.05 Å². The van der Waals surface area contributed by atoms with E-state index in [9.17, 15) is 21.9 Å². The van der Waals surface area contributed by atoms with E-state index in [0.717, 1.165) is 4.31 Å². The molecule has 2 aliphatic heterocycles. The molecule has 106 valence electrons. The van der Waals surface area contributed by atoms with Crippen LogP contribution < -0.4 is 5.32 Å². The Labute approximate surface area is 107 Å². The molecule has 18 heavy (non-hydrogen) atoms. The SMILES string of the molecule is CN([C@@H]1CNC[C@H]1O)S(=O)(=O)C1CCS(=O)(=O)C1. The average molecular weight is 298 g/mol. The second-order valence-electron chi connectivity index (χ2n) is 4.88. The molecule has 0 aromatic heterocycles. The first-order chi connectivity index (χ1) is 8.24. The number of nitrogens with one attached hydrogen (secondary N) is 1. The lowest BCUT2D eigenvalue weighted by Crippen LogP contribution is -2.48. The number of nitrogens with zero attached hydrogens (tertiary/aromatic N) is 1. The fourth-order valence-corrected chi connectivity index (χ4v) is 6.92. The minimum Gasteiger partial charge on any atom is -0.390 e. The van der Waals surface area contributed by atoms with Gasteiger partial charge in [0.25, 0.3) is 0 Å². The monoisotopic (exact) mass is 298 g/mol. The zero-order valence-electron chi connectivity index (χ0n) is 10.1. The summed E-state index contributed by atoms with van der Waals surface area (Å²) >= 11 is 0. The quantitative estimate of drug-likeness (QED) is 0.611. The van der Waals surface area contributed by atoms with Gasteiger partial charge in [-0.05, 0) is 6.42 Å². The smallest absolute Gasteiger partial charge is 0.218 e. The summed E-state index contributed by atoms with van der Waals surface area (Å²) in [7, 11) is -5.50. The Balaban J connectivity index is 2.16. The maximum atomic E-state index is 12.3. The molecule has 0 aliphatic carbocycles. The first-order valence-electron chi connectivity index (χ1n) is 5.80. The fraction of sp³-hybridized carbons (Fsp3) is 1.00. The Morgan fingerprint density at radius 3 is 2.44 bits per heavy atom. The molecule has 0 bridgehead atoms. The van der Waals surface area contributed by atoms with Crippen molar-refractivity contribution in [1.82, 2.24) is 9.62 Å². The van der Waals surface area contributed by atoms with Crippen molar-refractivity contribution >= 4 is 19.9 Å². The molecular weight excluding hydrogens is 280 g/mol. The Morgan fingerprint density at radius 2 is 2.00 bits per heavy atom. The van der Waals surface area contributed by atoms with Gasteiger partial charge in [-0.25, -0.2) is 16.8 Å². The third-order valence-electron chi connectivity index (χ3n) is 3.63. The van der Waals surface area contributed by atoms with Crippen LogP contribution in [0.5, 0.6) is 0 Å². The third kappa shape index (κ3) is 2.55. The van der Waals surface area contributed by atoms with Gasteiger partial charge in [0, 0.05) is 20.1 Å². The van der Waals surface area contributed by atoms with Gasteiger partial charge < -0.3 is 10.4 Å². The van der Waals surface area contributed by atoms with Crippen molar-refractivity contribution in [2.45, 2.75) is 23.8 Å². The van der Waals surface area contributed by atoms with Crippen molar-refractivity contribution in [2.75, 3.05) is 31.6 Å². The predicted molar refractivity (Wildman–Crippen MR) is 66.4 cm³/mol. The van der Waals surface area contributed by atoms with E-state index in [4.69, 9.17) is 0 Å². The summed E-state index contributed by atoms with van der Waals surface area (Å²) in [4.78, 5) is 0. The summed E-state index contributed by atoms with van der Waals surface area (Å²) in [6.07, 6.45) is -0.603. The van der Waals surface area contributed by atoms with Crippen LogP contribution in [0.4, 0.5) is 0 Å². The van der Waals surface area contributed by atoms with E-state index in [1.807, 2.05) is 0 Å². The van der Waals surface area contributed by atoms with Crippen LogP contribution in [0.15, 0.2) is 0 Å². The zero-order chi connectivity index (χ0) is 13.6. The van der Waals surface area contributed by atoms with Crippen molar-refractivity contribution in [3.05, 3.63) is 0 Å². The summed E-state index contributed by atoms with van der Waals surface area (Å²) in [6.45, 7) is 0.740. The summed E-state index contributed by atoms with van der Waals surface area (Å²) in [5.74, 6) is -0.383. The normalized spacial score (nSPS) is 36.3. The van der Waals surface area contributed by atoms with Gasteiger partial charge in [-0.3, -0.25) is 0 Å². The van der Waals surface area contributed by atoms with Gasteiger partial charge in [0.15, 0.2) is 9.84 Å². The number of sulfonamides is 1. The predicted octanol–water partition coefficient (Wildman–Crippen LogP) is -2.23. The largest absolute Gasteiger partial charge is 0.390 e. The van der Waals surface area contributed by atoms with Gasteiger partial charge in [-0.2, -0.15) is 4.31 Å². The molecule has 7 nitrogen and oxygen atoms in total. The fourth-order valence-electron chi connectivity index (χ4n) is 2.44. The number of hydrogen-bond acceptors (Lipinski definition) is 6. The molecule has 9 heteroatoms. The van der Waals surface area contributed by atoms with Crippen LogP contribution in [0.25, 0.3) is 0 Å². The highest BCUT2D eigenvalue weighted by molar-refractivity contribution is 7.95. The number of hydrogen-bond donors (Lipinski definition) is 2. The van der Waals surface area contributed by atoms with Crippen LogP contribution >= 0.6 is 0 Å². The van der Waals surface area contributed by atoms with Crippen LogP contribution in [-0.2, 0) is 19.9 Å². The number of aliphatic hydroxyl groups is 1. The van der Waals surface area contributed by atoms with Crippen LogP contribution in [0, 0.1) is 0 Å². The molecule has 0 saturated carbocycles. The summed E-state index contributed by atoms with van der Waals surface area (Å²) in [6, 6.07) is -0.515. The van der Waals surface area contributed by atoms with Gasteiger partial charge in [0.2, 0.25) is 10.0 Å². The van der Waals surface area contributed by atoms with Gasteiger partial charge in [0.05, 0.1) is 28.9 Å². The molecule has 3 atom stereocenters. The first-order valence-corrected chi connectivity index (χ1v) is 9.12. The van der Waals surface area contributed by atoms with E-state index in [2.05, 4.69) is 5.32 Å². The number of aliphatic hydroxyl groups excluding tert-OH is 1. The molecule has 0 amide bonds. The van der Waals surface area contributed by atoms with E-state index >= 15 is 0 Å². The Hall–Kier alpha value is -0.220. The highest BCUT2D eigenvalue weighted by atomic mass is 32.2. The van der Waals surface area contributed by atoms with Crippen molar-refractivity contribution in [3.8, 4) is 0 Å². The van der Waals surface area contributed by atoms with E-state index in [1.54, 1.807) is 0 Å². The molecule has 2 aliphatic rings. The average Bonchev–Trinajstić information content (AvgIpc) is 2.83. The first kappa shape index (κ1) is 14.2. The molecule has 2 rings (SSSR count). The van der Waals surface area contributed by atoms with Gasteiger partial charge in [-0.1, -0.05) is 0 Å². The molecule has 2 saturated heterocycles. The van der Waals surface area contributed by atoms with Crippen molar-refractivity contribution in [1.29, 1.82) is 0 Å². The molecule has 2 fully saturated rings.